The Bertz CT molecular complexity index is 1070. The van der Waals surface area contributed by atoms with Gasteiger partial charge in [0.2, 0.25) is 0 Å². The molecule has 0 radical (unpaired) electrons. The molecule has 5 rings (SSSR count). The maximum Gasteiger partial charge on any atom is 0.252 e. The molecule has 148 valence electrons. The molecule has 2 bridgehead atoms. The predicted octanol–water partition coefficient (Wildman–Crippen LogP) is 5.76. The molecule has 0 aliphatic heterocycles. The van der Waals surface area contributed by atoms with Crippen molar-refractivity contribution in [2.24, 2.45) is 17.8 Å². The molecular formula is C26H28N2O. The number of benzene rings is 2. The summed E-state index contributed by atoms with van der Waals surface area (Å²) >= 11 is 0. The molecule has 1 heterocycles. The van der Waals surface area contributed by atoms with Crippen molar-refractivity contribution < 1.29 is 4.79 Å². The second kappa shape index (κ2) is 7.29. The number of aryl methyl sites for hydroxylation is 1. The highest BCUT2D eigenvalue weighted by atomic mass is 16.1. The van der Waals surface area contributed by atoms with Gasteiger partial charge in [-0.1, -0.05) is 48.4 Å². The van der Waals surface area contributed by atoms with Crippen LogP contribution >= 0.6 is 0 Å². The topological polar surface area (TPSA) is 42.0 Å². The van der Waals surface area contributed by atoms with Crippen molar-refractivity contribution in [3.05, 3.63) is 65.7 Å². The first-order chi connectivity index (χ1) is 14.1. The van der Waals surface area contributed by atoms with Crippen molar-refractivity contribution in [1.82, 2.24) is 10.3 Å². The van der Waals surface area contributed by atoms with Crippen molar-refractivity contribution in [1.29, 1.82) is 0 Å². The number of nitrogens with zero attached hydrogens (tertiary/aromatic N) is 1. The molecule has 2 saturated carbocycles. The van der Waals surface area contributed by atoms with Crippen LogP contribution in [0.4, 0.5) is 0 Å². The number of pyridine rings is 1. The number of aromatic nitrogens is 1. The molecule has 0 unspecified atom stereocenters. The summed E-state index contributed by atoms with van der Waals surface area (Å²) in [6, 6.07) is 18.4. The fourth-order valence-electron chi connectivity index (χ4n) is 5.61. The molecule has 0 saturated heterocycles. The van der Waals surface area contributed by atoms with Crippen LogP contribution in [0.1, 0.15) is 48.5 Å². The van der Waals surface area contributed by atoms with Crippen molar-refractivity contribution in [3.8, 4) is 11.3 Å². The van der Waals surface area contributed by atoms with E-state index < -0.39 is 0 Å². The number of rotatable bonds is 4. The van der Waals surface area contributed by atoms with Gasteiger partial charge in [-0.2, -0.15) is 0 Å². The van der Waals surface area contributed by atoms with Gasteiger partial charge in [-0.25, -0.2) is 4.98 Å². The molecule has 2 fully saturated rings. The first-order valence-electron chi connectivity index (χ1n) is 10.9. The Morgan fingerprint density at radius 3 is 2.69 bits per heavy atom. The van der Waals surface area contributed by atoms with E-state index in [9.17, 15) is 4.79 Å². The number of hydrogen-bond donors (Lipinski definition) is 1. The molecule has 1 aromatic heterocycles. The zero-order chi connectivity index (χ0) is 20.0. The summed E-state index contributed by atoms with van der Waals surface area (Å²) in [6.07, 6.45) is 5.36. The fourth-order valence-corrected chi connectivity index (χ4v) is 5.61. The lowest BCUT2D eigenvalue weighted by molar-refractivity contribution is 0.0917. The zero-order valence-electron chi connectivity index (χ0n) is 17.2. The van der Waals surface area contributed by atoms with Gasteiger partial charge in [-0.3, -0.25) is 4.79 Å². The van der Waals surface area contributed by atoms with Crippen LogP contribution in [-0.2, 0) is 0 Å². The lowest BCUT2D eigenvalue weighted by atomic mass is 9.84. The van der Waals surface area contributed by atoms with Crippen LogP contribution in [0.2, 0.25) is 0 Å². The second-order valence-corrected chi connectivity index (χ2v) is 9.04. The molecule has 2 aliphatic carbocycles. The van der Waals surface area contributed by atoms with Gasteiger partial charge in [0.05, 0.1) is 16.8 Å². The van der Waals surface area contributed by atoms with Crippen molar-refractivity contribution >= 4 is 16.8 Å². The van der Waals surface area contributed by atoms with Crippen molar-refractivity contribution in [3.63, 3.8) is 0 Å². The van der Waals surface area contributed by atoms with Crippen LogP contribution in [0, 0.1) is 24.7 Å². The summed E-state index contributed by atoms with van der Waals surface area (Å²) in [6.45, 7) is 4.27. The Morgan fingerprint density at radius 1 is 1.07 bits per heavy atom. The minimum Gasteiger partial charge on any atom is -0.349 e. The molecule has 2 aliphatic rings. The summed E-state index contributed by atoms with van der Waals surface area (Å²) in [5.74, 6) is 2.33. The number of hydrogen-bond acceptors (Lipinski definition) is 2. The molecule has 1 amide bonds. The second-order valence-electron chi connectivity index (χ2n) is 9.04. The molecule has 4 atom stereocenters. The minimum absolute atomic E-state index is 0.0211. The van der Waals surface area contributed by atoms with Gasteiger partial charge in [0.15, 0.2) is 0 Å². The Morgan fingerprint density at radius 2 is 1.93 bits per heavy atom. The average molecular weight is 385 g/mol. The molecule has 0 spiro atoms. The third-order valence-corrected chi connectivity index (χ3v) is 7.07. The van der Waals surface area contributed by atoms with Crippen LogP contribution < -0.4 is 5.32 Å². The summed E-state index contributed by atoms with van der Waals surface area (Å²) in [5.41, 5.74) is 4.68. The van der Waals surface area contributed by atoms with Gasteiger partial charge in [-0.15, -0.1) is 0 Å². The lowest BCUT2D eigenvalue weighted by Gasteiger charge is -2.28. The van der Waals surface area contributed by atoms with E-state index in [0.29, 0.717) is 5.92 Å². The predicted molar refractivity (Wildman–Crippen MR) is 118 cm³/mol. The van der Waals surface area contributed by atoms with E-state index in [1.807, 2.05) is 36.4 Å². The third kappa shape index (κ3) is 3.43. The van der Waals surface area contributed by atoms with Gasteiger partial charge < -0.3 is 5.32 Å². The van der Waals surface area contributed by atoms with Crippen LogP contribution in [0.25, 0.3) is 22.2 Å². The summed E-state index contributed by atoms with van der Waals surface area (Å²) in [5, 5.41) is 4.26. The van der Waals surface area contributed by atoms with Crippen molar-refractivity contribution in [2.45, 2.75) is 45.6 Å². The van der Waals surface area contributed by atoms with E-state index in [-0.39, 0.29) is 11.9 Å². The van der Waals surface area contributed by atoms with Crippen LogP contribution in [0.3, 0.4) is 0 Å². The van der Waals surface area contributed by atoms with Gasteiger partial charge in [0, 0.05) is 17.0 Å². The van der Waals surface area contributed by atoms with Gasteiger partial charge in [0.1, 0.15) is 0 Å². The van der Waals surface area contributed by atoms with E-state index >= 15 is 0 Å². The highest BCUT2D eigenvalue weighted by molar-refractivity contribution is 6.07. The number of para-hydroxylation sites is 1. The molecular weight excluding hydrogens is 356 g/mol. The molecule has 3 nitrogen and oxygen atoms in total. The van der Waals surface area contributed by atoms with E-state index in [0.717, 1.165) is 39.6 Å². The zero-order valence-corrected chi connectivity index (χ0v) is 17.2. The molecule has 2 aromatic carbocycles. The Kier molecular flexibility index (Phi) is 4.61. The van der Waals surface area contributed by atoms with Gasteiger partial charge in [0.25, 0.3) is 5.91 Å². The van der Waals surface area contributed by atoms with Crippen LogP contribution in [0.15, 0.2) is 54.6 Å². The number of nitrogens with one attached hydrogen (secondary N) is 1. The number of amides is 1. The Hall–Kier alpha value is -2.68. The van der Waals surface area contributed by atoms with E-state index in [1.165, 1.54) is 31.2 Å². The largest absolute Gasteiger partial charge is 0.349 e. The first-order valence-corrected chi connectivity index (χ1v) is 10.9. The highest BCUT2D eigenvalue weighted by Gasteiger charge is 2.42. The Balaban J connectivity index is 1.48. The standard InChI is InChI=1S/C26H28N2O/c1-16-6-5-7-20(12-16)25-15-23(21-8-3-4-9-24(21)28-25)26(29)27-17(2)22-14-18-10-11-19(22)13-18/h3-9,12,15,17-19,22H,10-11,13-14H2,1-2H3,(H,27,29)/t17-,18+,19+,22-/m1/s1. The van der Waals surface area contributed by atoms with E-state index in [4.69, 9.17) is 4.98 Å². The highest BCUT2D eigenvalue weighted by Crippen LogP contribution is 2.49. The SMILES string of the molecule is Cc1cccc(-c2cc(C(=O)N[C@H](C)[C@H]3C[C@H]4CC[C@H]3C4)c3ccccc3n2)c1. The molecule has 1 N–H and O–H groups in total. The van der Waals surface area contributed by atoms with Crippen molar-refractivity contribution in [2.75, 3.05) is 0 Å². The van der Waals surface area contributed by atoms with Gasteiger partial charge >= 0.3 is 0 Å². The fraction of sp³-hybridized carbons (Fsp3) is 0.385. The van der Waals surface area contributed by atoms with Gasteiger partial charge in [-0.05, 0) is 69.1 Å². The van der Waals surface area contributed by atoms with E-state index in [2.05, 4.69) is 37.4 Å². The quantitative estimate of drug-likeness (QED) is 0.621. The monoisotopic (exact) mass is 384 g/mol. The minimum atomic E-state index is 0.0211. The van der Waals surface area contributed by atoms with E-state index in [1.54, 1.807) is 0 Å². The number of carbonyl (C=O) groups is 1. The third-order valence-electron chi connectivity index (χ3n) is 7.07. The van der Waals surface area contributed by atoms with Crippen LogP contribution in [-0.4, -0.2) is 16.9 Å². The smallest absolute Gasteiger partial charge is 0.252 e. The molecule has 3 heteroatoms. The maximum atomic E-state index is 13.3. The molecule has 29 heavy (non-hydrogen) atoms. The maximum absolute atomic E-state index is 13.3. The number of carbonyl (C=O) groups excluding carboxylic acids is 1. The normalized spacial score (nSPS) is 24.0. The van der Waals surface area contributed by atoms with Crippen LogP contribution in [0.5, 0.6) is 0 Å². The molecule has 3 aromatic rings. The lowest BCUT2D eigenvalue weighted by Crippen LogP contribution is -2.40. The summed E-state index contributed by atoms with van der Waals surface area (Å²) < 4.78 is 0. The average Bonchev–Trinajstić information content (AvgIpc) is 3.36. The summed E-state index contributed by atoms with van der Waals surface area (Å²) in [7, 11) is 0. The first kappa shape index (κ1) is 18.4. The Labute approximate surface area is 172 Å². The summed E-state index contributed by atoms with van der Waals surface area (Å²) in [4.78, 5) is 18.2. The number of fused-ring (bicyclic) bond motifs is 3.